The van der Waals surface area contributed by atoms with Crippen LogP contribution in [0.4, 0.5) is 5.69 Å². The molecule has 1 amide bonds. The number of sulfonamides is 1. The van der Waals surface area contributed by atoms with Gasteiger partial charge in [-0.05, 0) is 69.6 Å². The third kappa shape index (κ3) is 6.35. The van der Waals surface area contributed by atoms with E-state index in [1.807, 2.05) is 25.9 Å². The minimum Gasteiger partial charge on any atom is -0.494 e. The molecule has 0 spiro atoms. The monoisotopic (exact) mass is 391 g/mol. The van der Waals surface area contributed by atoms with Gasteiger partial charge in [-0.15, -0.1) is 0 Å². The summed E-state index contributed by atoms with van der Waals surface area (Å²) in [5.74, 6) is 0.413. The summed E-state index contributed by atoms with van der Waals surface area (Å²) in [6, 6.07) is 12.9. The molecule has 0 atom stereocenters. The van der Waals surface area contributed by atoms with Crippen molar-refractivity contribution >= 4 is 21.6 Å². The number of amides is 1. The maximum absolute atomic E-state index is 12.3. The van der Waals surface area contributed by atoms with Gasteiger partial charge in [-0.25, -0.2) is 13.1 Å². The SMILES string of the molecule is CCOc1ccc(NC(=O)c2ccc(S(=O)(=O)NCCN(C)C)cc2)cc1. The Bertz CT molecular complexity index is 848. The van der Waals surface area contributed by atoms with Gasteiger partial charge < -0.3 is 15.0 Å². The van der Waals surface area contributed by atoms with Gasteiger partial charge in [0.1, 0.15) is 5.75 Å². The molecule has 0 fully saturated rings. The third-order valence-electron chi connectivity index (χ3n) is 3.70. The van der Waals surface area contributed by atoms with Gasteiger partial charge in [0.05, 0.1) is 11.5 Å². The summed E-state index contributed by atoms with van der Waals surface area (Å²) in [6.07, 6.45) is 0. The van der Waals surface area contributed by atoms with Gasteiger partial charge in [0.15, 0.2) is 0 Å². The summed E-state index contributed by atoms with van der Waals surface area (Å²) in [7, 11) is 0.144. The fourth-order valence-corrected chi connectivity index (χ4v) is 3.30. The zero-order valence-corrected chi connectivity index (χ0v) is 16.5. The first-order valence-electron chi connectivity index (χ1n) is 8.60. The molecule has 0 aliphatic rings. The molecule has 0 aliphatic heterocycles. The van der Waals surface area contributed by atoms with Gasteiger partial charge in [0, 0.05) is 24.3 Å². The van der Waals surface area contributed by atoms with E-state index in [1.165, 1.54) is 24.3 Å². The molecule has 2 aromatic carbocycles. The molecule has 0 radical (unpaired) electrons. The Morgan fingerprint density at radius 3 is 2.22 bits per heavy atom. The van der Waals surface area contributed by atoms with E-state index in [-0.39, 0.29) is 10.8 Å². The number of carbonyl (C=O) groups excluding carboxylic acids is 1. The molecule has 0 bridgehead atoms. The summed E-state index contributed by atoms with van der Waals surface area (Å²) in [5.41, 5.74) is 1.00. The third-order valence-corrected chi connectivity index (χ3v) is 5.18. The van der Waals surface area contributed by atoms with Crippen molar-refractivity contribution in [2.75, 3.05) is 39.1 Å². The molecule has 2 aromatic rings. The lowest BCUT2D eigenvalue weighted by Crippen LogP contribution is -2.31. The quantitative estimate of drug-likeness (QED) is 0.684. The Morgan fingerprint density at radius 2 is 1.67 bits per heavy atom. The Kier molecular flexibility index (Phi) is 7.35. The predicted molar refractivity (Wildman–Crippen MR) is 106 cm³/mol. The van der Waals surface area contributed by atoms with Crippen LogP contribution < -0.4 is 14.8 Å². The van der Waals surface area contributed by atoms with Crippen molar-refractivity contribution in [2.45, 2.75) is 11.8 Å². The van der Waals surface area contributed by atoms with E-state index in [4.69, 9.17) is 4.74 Å². The smallest absolute Gasteiger partial charge is 0.255 e. The van der Waals surface area contributed by atoms with Crippen LogP contribution in [0.1, 0.15) is 17.3 Å². The summed E-state index contributed by atoms with van der Waals surface area (Å²) in [5, 5.41) is 2.77. The molecule has 2 rings (SSSR count). The number of likely N-dealkylation sites (N-methyl/N-ethyl adjacent to an activating group) is 1. The molecular formula is C19H25N3O4S. The molecule has 0 heterocycles. The molecule has 0 saturated heterocycles. The summed E-state index contributed by atoms with van der Waals surface area (Å²) < 4.78 is 32.3. The Labute approximate surface area is 160 Å². The van der Waals surface area contributed by atoms with Crippen molar-refractivity contribution in [2.24, 2.45) is 0 Å². The maximum atomic E-state index is 12.3. The topological polar surface area (TPSA) is 87.7 Å². The number of ether oxygens (including phenoxy) is 1. The van der Waals surface area contributed by atoms with Crippen LogP contribution in [0.15, 0.2) is 53.4 Å². The average molecular weight is 391 g/mol. The maximum Gasteiger partial charge on any atom is 0.255 e. The molecule has 8 heteroatoms. The molecule has 0 aliphatic carbocycles. The fraction of sp³-hybridized carbons (Fsp3) is 0.316. The molecule has 146 valence electrons. The van der Waals surface area contributed by atoms with Gasteiger partial charge >= 0.3 is 0 Å². The second-order valence-electron chi connectivity index (χ2n) is 6.14. The molecule has 0 unspecified atom stereocenters. The van der Waals surface area contributed by atoms with E-state index >= 15 is 0 Å². The number of nitrogens with one attached hydrogen (secondary N) is 2. The van der Waals surface area contributed by atoms with Gasteiger partial charge in [-0.3, -0.25) is 4.79 Å². The van der Waals surface area contributed by atoms with Gasteiger partial charge in [0.2, 0.25) is 10.0 Å². The molecular weight excluding hydrogens is 366 g/mol. The Morgan fingerprint density at radius 1 is 1.04 bits per heavy atom. The first kappa shape index (κ1) is 20.9. The number of benzene rings is 2. The number of carbonyl (C=O) groups is 1. The van der Waals surface area contributed by atoms with Crippen LogP contribution in [0, 0.1) is 0 Å². The van der Waals surface area contributed by atoms with Gasteiger partial charge in [-0.1, -0.05) is 0 Å². The van der Waals surface area contributed by atoms with E-state index in [0.29, 0.717) is 30.9 Å². The van der Waals surface area contributed by atoms with E-state index in [0.717, 1.165) is 5.75 Å². The van der Waals surface area contributed by atoms with Crippen molar-refractivity contribution in [3.63, 3.8) is 0 Å². The highest BCUT2D eigenvalue weighted by Gasteiger charge is 2.14. The normalized spacial score (nSPS) is 11.4. The molecule has 2 N–H and O–H groups in total. The number of rotatable bonds is 9. The standard InChI is InChI=1S/C19H25N3O4S/c1-4-26-17-9-7-16(8-10-17)21-19(23)15-5-11-18(12-6-15)27(24,25)20-13-14-22(2)3/h5-12,20H,4,13-14H2,1-3H3,(H,21,23). The first-order chi connectivity index (χ1) is 12.8. The minimum absolute atomic E-state index is 0.124. The van der Waals surface area contributed by atoms with Crippen LogP contribution in [-0.2, 0) is 10.0 Å². The molecule has 27 heavy (non-hydrogen) atoms. The van der Waals surface area contributed by atoms with Crippen molar-refractivity contribution < 1.29 is 17.9 Å². The van der Waals surface area contributed by atoms with E-state index < -0.39 is 10.0 Å². The van der Waals surface area contributed by atoms with Crippen LogP contribution in [0.25, 0.3) is 0 Å². The highest BCUT2D eigenvalue weighted by molar-refractivity contribution is 7.89. The van der Waals surface area contributed by atoms with Crippen LogP contribution in [0.5, 0.6) is 5.75 Å². The highest BCUT2D eigenvalue weighted by Crippen LogP contribution is 2.17. The summed E-state index contributed by atoms with van der Waals surface area (Å²) in [4.78, 5) is 14.3. The number of anilines is 1. The lowest BCUT2D eigenvalue weighted by atomic mass is 10.2. The molecule has 0 aromatic heterocycles. The van der Waals surface area contributed by atoms with E-state index in [9.17, 15) is 13.2 Å². The van der Waals surface area contributed by atoms with Crippen molar-refractivity contribution in [3.05, 3.63) is 54.1 Å². The Hall–Kier alpha value is -2.42. The lowest BCUT2D eigenvalue weighted by molar-refractivity contribution is 0.102. The van der Waals surface area contributed by atoms with Crippen LogP contribution in [0.2, 0.25) is 0 Å². The van der Waals surface area contributed by atoms with Crippen molar-refractivity contribution in [1.82, 2.24) is 9.62 Å². The van der Waals surface area contributed by atoms with E-state index in [2.05, 4.69) is 10.0 Å². The van der Waals surface area contributed by atoms with Crippen LogP contribution >= 0.6 is 0 Å². The lowest BCUT2D eigenvalue weighted by Gasteiger charge is -2.11. The zero-order chi connectivity index (χ0) is 19.9. The second kappa shape index (κ2) is 9.50. The van der Waals surface area contributed by atoms with Crippen LogP contribution in [0.3, 0.4) is 0 Å². The summed E-state index contributed by atoms with van der Waals surface area (Å²) >= 11 is 0. The largest absolute Gasteiger partial charge is 0.494 e. The second-order valence-corrected chi connectivity index (χ2v) is 7.90. The van der Waals surface area contributed by atoms with Crippen LogP contribution in [-0.4, -0.2) is 53.0 Å². The predicted octanol–water partition coefficient (Wildman–Crippen LogP) is 2.18. The van der Waals surface area contributed by atoms with Gasteiger partial charge in [0.25, 0.3) is 5.91 Å². The van der Waals surface area contributed by atoms with Crippen molar-refractivity contribution in [1.29, 1.82) is 0 Å². The highest BCUT2D eigenvalue weighted by atomic mass is 32.2. The Balaban J connectivity index is 2.00. The zero-order valence-electron chi connectivity index (χ0n) is 15.7. The average Bonchev–Trinajstić information content (AvgIpc) is 2.63. The van der Waals surface area contributed by atoms with Crippen molar-refractivity contribution in [3.8, 4) is 5.75 Å². The first-order valence-corrected chi connectivity index (χ1v) is 10.1. The minimum atomic E-state index is -3.59. The van der Waals surface area contributed by atoms with Gasteiger partial charge in [-0.2, -0.15) is 0 Å². The summed E-state index contributed by atoms with van der Waals surface area (Å²) in [6.45, 7) is 3.39. The molecule has 0 saturated carbocycles. The number of hydrogen-bond acceptors (Lipinski definition) is 5. The fourth-order valence-electron chi connectivity index (χ4n) is 2.28. The number of hydrogen-bond donors (Lipinski definition) is 2. The van der Waals surface area contributed by atoms with E-state index in [1.54, 1.807) is 24.3 Å². The molecule has 7 nitrogen and oxygen atoms in total. The number of nitrogens with zero attached hydrogens (tertiary/aromatic N) is 1.